The maximum Gasteiger partial charge on any atom is 0.238 e. The van der Waals surface area contributed by atoms with Crippen LogP contribution < -0.4 is 0 Å². The minimum Gasteiger partial charge on any atom is -0.344 e. The third-order valence-corrected chi connectivity index (χ3v) is 10.2. The third kappa shape index (κ3) is 10.7. The van der Waals surface area contributed by atoms with Gasteiger partial charge in [-0.25, -0.2) is 0 Å². The summed E-state index contributed by atoms with van der Waals surface area (Å²) >= 11 is 0. The molecule has 12 heteroatoms. The smallest absolute Gasteiger partial charge is 0.238 e. The summed E-state index contributed by atoms with van der Waals surface area (Å²) in [6, 6.07) is 0.129. The van der Waals surface area contributed by atoms with Crippen LogP contribution in [-0.4, -0.2) is 120 Å². The molecule has 2 unspecified atom stereocenters. The molecule has 0 amide bonds. The van der Waals surface area contributed by atoms with Gasteiger partial charge in [0.05, 0.1) is 28.4 Å². The van der Waals surface area contributed by atoms with Crippen LogP contribution in [0.25, 0.3) is 0 Å². The molecule has 2 aliphatic heterocycles. The van der Waals surface area contributed by atoms with Gasteiger partial charge in [0.2, 0.25) is 26.9 Å². The van der Waals surface area contributed by atoms with Crippen LogP contribution in [0.4, 0.5) is 0 Å². The Bertz CT molecular complexity index is 1020. The Morgan fingerprint density at radius 3 is 1.43 bits per heavy atom. The fraction of sp³-hybridized carbons (Fsp3) is 0.857. The van der Waals surface area contributed by atoms with Gasteiger partial charge in [0, 0.05) is 47.8 Å². The van der Waals surface area contributed by atoms with Crippen molar-refractivity contribution in [2.24, 2.45) is 9.53 Å². The van der Waals surface area contributed by atoms with E-state index in [0.717, 1.165) is 38.0 Å². The fourth-order valence-corrected chi connectivity index (χ4v) is 9.71. The zero-order chi connectivity index (χ0) is 31.1. The lowest BCUT2D eigenvalue weighted by Gasteiger charge is -2.38. The Labute approximate surface area is 245 Å². The van der Waals surface area contributed by atoms with Gasteiger partial charge in [-0.05, 0) is 95.2 Å². The monoisotopic (exact) mass is 604 g/mol. The molecule has 0 aromatic heterocycles. The molecule has 0 aromatic carbocycles. The van der Waals surface area contributed by atoms with Crippen LogP contribution in [0.5, 0.6) is 0 Å². The Balaban J connectivity index is 2.35. The molecular weight excluding hydrogens is 546 g/mol. The third-order valence-electron chi connectivity index (χ3n) is 5.99. The molecule has 0 saturated carbocycles. The van der Waals surface area contributed by atoms with Crippen LogP contribution >= 0.6 is 15.0 Å². The predicted molar refractivity (Wildman–Crippen MR) is 175 cm³/mol. The van der Waals surface area contributed by atoms with E-state index in [0.29, 0.717) is 0 Å². The number of hydrogen-bond donors (Lipinski definition) is 0. The minimum atomic E-state index is -2.88. The summed E-state index contributed by atoms with van der Waals surface area (Å²) in [5, 5.41) is 0. The van der Waals surface area contributed by atoms with E-state index in [2.05, 4.69) is 53.1 Å². The van der Waals surface area contributed by atoms with E-state index in [1.807, 2.05) is 83.5 Å². The normalized spacial score (nSPS) is 22.5. The molecule has 0 bridgehead atoms. The van der Waals surface area contributed by atoms with Gasteiger partial charge < -0.3 is 37.7 Å². The second-order valence-electron chi connectivity index (χ2n) is 14.7. The molecule has 2 aliphatic rings. The first-order chi connectivity index (χ1) is 17.7. The summed E-state index contributed by atoms with van der Waals surface area (Å²) in [6.45, 7) is 24.8. The highest BCUT2D eigenvalue weighted by atomic mass is 31.2. The minimum absolute atomic E-state index is 0.129. The maximum atomic E-state index is 6.77. The molecular formula is C28H58N6O4P2. The van der Waals surface area contributed by atoms with E-state index in [1.165, 1.54) is 0 Å². The van der Waals surface area contributed by atoms with E-state index >= 15 is 0 Å². The van der Waals surface area contributed by atoms with Gasteiger partial charge in [-0.15, -0.1) is 0 Å². The number of guanidine groups is 2. The Hall–Kier alpha value is -1.02. The molecule has 10 nitrogen and oxygen atoms in total. The lowest BCUT2D eigenvalue weighted by molar-refractivity contribution is 0.0444. The Morgan fingerprint density at radius 2 is 1.02 bits per heavy atom. The summed E-state index contributed by atoms with van der Waals surface area (Å²) in [5.74, 6) is 1.65. The average molecular weight is 605 g/mol. The van der Waals surface area contributed by atoms with Crippen molar-refractivity contribution in [3.63, 3.8) is 0 Å². The van der Waals surface area contributed by atoms with Crippen LogP contribution in [0.2, 0.25) is 0 Å². The largest absolute Gasteiger partial charge is 0.344 e. The molecule has 0 aromatic rings. The van der Waals surface area contributed by atoms with Crippen LogP contribution in [0.3, 0.4) is 0 Å². The number of hydrogen-bond acceptors (Lipinski definition) is 6. The number of nitrogens with zero attached hydrogens (tertiary/aromatic N) is 6. The van der Waals surface area contributed by atoms with Crippen molar-refractivity contribution in [3.8, 4) is 0 Å². The van der Waals surface area contributed by atoms with E-state index < -0.39 is 37.4 Å². The highest BCUT2D eigenvalue weighted by Gasteiger charge is 2.41. The van der Waals surface area contributed by atoms with E-state index in [1.54, 1.807) is 0 Å². The van der Waals surface area contributed by atoms with Crippen molar-refractivity contribution in [1.29, 1.82) is 0 Å². The average Bonchev–Trinajstić information content (AvgIpc) is 3.09. The summed E-state index contributed by atoms with van der Waals surface area (Å²) in [4.78, 5) is 8.57. The zero-order valence-electron chi connectivity index (χ0n) is 28.0. The van der Waals surface area contributed by atoms with Crippen LogP contribution in [-0.2, 0) is 18.1 Å². The molecule has 2 fully saturated rings. The van der Waals surface area contributed by atoms with Crippen molar-refractivity contribution in [1.82, 2.24) is 19.6 Å². The first-order valence-corrected chi connectivity index (χ1v) is 17.6. The quantitative estimate of drug-likeness (QED) is 0.304. The molecule has 0 aliphatic carbocycles. The SMILES string of the molecule is C=P(N=C1N(C)CCN1C)(OC(C)(C)C)OC(C)(C)CC1CN(C)/C(=N\P(=C)(OC(C)(C)C)OC(C)(C)C)N1C. The first-order valence-electron chi connectivity index (χ1n) is 14.1. The van der Waals surface area contributed by atoms with E-state index in [9.17, 15) is 0 Å². The number of rotatable bonds is 9. The highest BCUT2D eigenvalue weighted by Crippen LogP contribution is 2.57. The first kappa shape index (κ1) is 35.2. The lowest BCUT2D eigenvalue weighted by atomic mass is 9.99. The van der Waals surface area contributed by atoms with Crippen LogP contribution in [0.1, 0.15) is 82.6 Å². The molecule has 2 heterocycles. The van der Waals surface area contributed by atoms with Gasteiger partial charge in [0.15, 0.2) is 0 Å². The van der Waals surface area contributed by atoms with Crippen molar-refractivity contribution in [2.75, 3.05) is 47.8 Å². The van der Waals surface area contributed by atoms with Gasteiger partial charge in [-0.3, -0.25) is 0 Å². The molecule has 234 valence electrons. The van der Waals surface area contributed by atoms with Gasteiger partial charge >= 0.3 is 0 Å². The Kier molecular flexibility index (Phi) is 10.5. The van der Waals surface area contributed by atoms with Gasteiger partial charge in [-0.1, -0.05) is 0 Å². The summed E-state index contributed by atoms with van der Waals surface area (Å²) in [7, 11) is 2.47. The second kappa shape index (κ2) is 11.9. The topological polar surface area (TPSA) is 74.6 Å². The summed E-state index contributed by atoms with van der Waals surface area (Å²) < 4.78 is 36.0. The maximum absolute atomic E-state index is 6.77. The number of likely N-dealkylation sites (N-methyl/N-ethyl adjacent to an activating group) is 4. The Morgan fingerprint density at radius 1 is 0.650 bits per heavy atom. The van der Waals surface area contributed by atoms with Crippen molar-refractivity contribution >= 4 is 39.5 Å². The molecule has 0 radical (unpaired) electrons. The molecule has 2 saturated heterocycles. The molecule has 0 N–H and O–H groups in total. The van der Waals surface area contributed by atoms with Crippen molar-refractivity contribution < 1.29 is 18.1 Å². The standard InChI is InChI=1S/C28H58N6O4P2/c1-25(2,3)35-39(16,36-26(4,5)6)30-24-33(14)21-22(34(24)15)20-28(10,11)38-40(17,37-27(7,8)9)29-23-31(12)18-19-32(23)13/h22H,16-21H2,1-15H3/b30-24+. The van der Waals surface area contributed by atoms with Crippen molar-refractivity contribution in [2.45, 2.75) is 111 Å². The van der Waals surface area contributed by atoms with Gasteiger partial charge in [0.25, 0.3) is 0 Å². The summed E-state index contributed by atoms with van der Waals surface area (Å²) in [5.41, 5.74) is -1.94. The fourth-order valence-electron chi connectivity index (χ4n) is 4.91. The van der Waals surface area contributed by atoms with Crippen LogP contribution in [0.15, 0.2) is 9.53 Å². The highest BCUT2D eigenvalue weighted by molar-refractivity contribution is 7.63. The van der Waals surface area contributed by atoms with Crippen molar-refractivity contribution in [3.05, 3.63) is 0 Å². The molecule has 2 rings (SSSR count). The van der Waals surface area contributed by atoms with Crippen LogP contribution in [0, 0.1) is 0 Å². The van der Waals surface area contributed by atoms with E-state index in [-0.39, 0.29) is 6.04 Å². The molecule has 0 spiro atoms. The van der Waals surface area contributed by atoms with Gasteiger partial charge in [-0.2, -0.15) is 9.53 Å². The molecule has 40 heavy (non-hydrogen) atoms. The summed E-state index contributed by atoms with van der Waals surface area (Å²) in [6.07, 6.45) is 9.55. The zero-order valence-corrected chi connectivity index (χ0v) is 29.8. The van der Waals surface area contributed by atoms with Gasteiger partial charge in [0.1, 0.15) is 0 Å². The molecule has 2 atom stereocenters. The van der Waals surface area contributed by atoms with E-state index in [4.69, 9.17) is 27.6 Å². The second-order valence-corrected chi connectivity index (χ2v) is 18.4. The lowest BCUT2D eigenvalue weighted by Crippen LogP contribution is -2.38. The predicted octanol–water partition coefficient (Wildman–Crippen LogP) is 5.84.